The topological polar surface area (TPSA) is 58.2 Å². The molecule has 4 nitrogen and oxygen atoms in total. The first kappa shape index (κ1) is 30.5. The Morgan fingerprint density at radius 1 is 1.03 bits per heavy atom. The third-order valence-electron chi connectivity index (χ3n) is 4.64. The molecule has 0 aliphatic carbocycles. The molecule has 0 spiro atoms. The van der Waals surface area contributed by atoms with E-state index in [-0.39, 0.29) is 30.1 Å². The molecule has 2 N–H and O–H groups in total. The minimum absolute atomic E-state index is 0.0135. The first-order valence-corrected chi connectivity index (χ1v) is 12.2. The molecule has 2 aromatic carbocycles. The molecule has 2 aromatic rings. The molecular formula is C22H16Br2Cl2F6N2O2. The zero-order valence-electron chi connectivity index (χ0n) is 18.0. The van der Waals surface area contributed by atoms with Crippen molar-refractivity contribution in [2.24, 2.45) is 0 Å². The lowest BCUT2D eigenvalue weighted by Gasteiger charge is -2.18. The molecule has 0 aliphatic rings. The van der Waals surface area contributed by atoms with E-state index in [0.29, 0.717) is 5.56 Å². The summed E-state index contributed by atoms with van der Waals surface area (Å²) in [4.78, 5) is 24.2. The van der Waals surface area contributed by atoms with E-state index in [9.17, 15) is 35.9 Å². The predicted molar refractivity (Wildman–Crippen MR) is 132 cm³/mol. The van der Waals surface area contributed by atoms with Crippen LogP contribution in [0.4, 0.5) is 26.3 Å². The summed E-state index contributed by atoms with van der Waals surface area (Å²) in [5.74, 6) is -3.85. The van der Waals surface area contributed by atoms with Gasteiger partial charge >= 0.3 is 12.4 Å². The number of carbonyl (C=O) groups excluding carboxylic acids is 2. The maximum Gasteiger partial charge on any atom is 0.405 e. The van der Waals surface area contributed by atoms with Gasteiger partial charge in [-0.3, -0.25) is 9.59 Å². The number of rotatable bonds is 7. The fourth-order valence-corrected chi connectivity index (χ4v) is 4.18. The van der Waals surface area contributed by atoms with Crippen LogP contribution in [0.25, 0.3) is 6.08 Å². The number of halogens is 10. The van der Waals surface area contributed by atoms with Crippen LogP contribution in [-0.4, -0.2) is 36.8 Å². The molecule has 36 heavy (non-hydrogen) atoms. The summed E-state index contributed by atoms with van der Waals surface area (Å²) in [6.45, 7) is -0.346. The van der Waals surface area contributed by atoms with Crippen molar-refractivity contribution < 1.29 is 35.9 Å². The zero-order valence-corrected chi connectivity index (χ0v) is 22.7. The number of allylic oxidation sites excluding steroid dienone is 1. The molecule has 2 rings (SSSR count). The normalized spacial score (nSPS) is 14.0. The Hall–Kier alpha value is -1.76. The highest BCUT2D eigenvalue weighted by Crippen LogP contribution is 2.41. The van der Waals surface area contributed by atoms with E-state index in [1.807, 2.05) is 0 Å². The van der Waals surface area contributed by atoms with Gasteiger partial charge in [0.15, 0.2) is 0 Å². The summed E-state index contributed by atoms with van der Waals surface area (Å²) >= 11 is 18.1. The van der Waals surface area contributed by atoms with Crippen LogP contribution in [0, 0.1) is 0 Å². The Morgan fingerprint density at radius 2 is 1.61 bits per heavy atom. The minimum atomic E-state index is -4.66. The maximum absolute atomic E-state index is 13.7. The minimum Gasteiger partial charge on any atom is -0.345 e. The summed E-state index contributed by atoms with van der Waals surface area (Å²) < 4.78 is 78.3. The van der Waals surface area contributed by atoms with Crippen molar-refractivity contribution in [2.45, 2.75) is 31.2 Å². The Balaban J connectivity index is 2.19. The molecule has 0 aromatic heterocycles. The van der Waals surface area contributed by atoms with Crippen molar-refractivity contribution in [1.82, 2.24) is 10.6 Å². The lowest BCUT2D eigenvalue weighted by molar-refractivity contribution is -0.139. The average molecular weight is 685 g/mol. The van der Waals surface area contributed by atoms with Gasteiger partial charge in [-0.15, -0.1) is 0 Å². The van der Waals surface area contributed by atoms with Crippen LogP contribution in [0.2, 0.25) is 10.0 Å². The summed E-state index contributed by atoms with van der Waals surface area (Å²) in [5, 5.41) is 3.94. The van der Waals surface area contributed by atoms with E-state index in [1.54, 1.807) is 5.32 Å². The third kappa shape index (κ3) is 8.67. The number of benzene rings is 2. The molecule has 0 bridgehead atoms. The lowest BCUT2D eigenvalue weighted by atomic mass is 9.97. The Bertz CT molecular complexity index is 1150. The van der Waals surface area contributed by atoms with E-state index in [0.717, 1.165) is 18.2 Å². The van der Waals surface area contributed by atoms with Crippen molar-refractivity contribution >= 4 is 73.0 Å². The summed E-state index contributed by atoms with van der Waals surface area (Å²) in [6.07, 6.45) is -7.16. The molecule has 0 saturated heterocycles. The number of hydrogen-bond donors (Lipinski definition) is 2. The standard InChI is InChI=1S/C22H16Br2Cl2F6N2O2/c1-10(19(35)33-9-21(27,28)29)34-20(36)13-4-2-11(6-15(13)23)3-5-14(22(30,31)32)12-7-16(25)18(24)17(26)8-12/h2-8,10,14H,9H2,1H3,(H,33,35)(H,34,36)/b5-3+/t10-,14?/m1/s1. The summed E-state index contributed by atoms with van der Waals surface area (Å²) in [5.41, 5.74) is 0.143. The van der Waals surface area contributed by atoms with Crippen molar-refractivity contribution in [3.8, 4) is 0 Å². The molecule has 196 valence electrons. The second kappa shape index (κ2) is 12.2. The van der Waals surface area contributed by atoms with Gasteiger partial charge in [-0.2, -0.15) is 26.3 Å². The monoisotopic (exact) mass is 682 g/mol. The van der Waals surface area contributed by atoms with Crippen LogP contribution < -0.4 is 10.6 Å². The molecular weight excluding hydrogens is 669 g/mol. The van der Waals surface area contributed by atoms with Crippen molar-refractivity contribution in [2.75, 3.05) is 6.54 Å². The van der Waals surface area contributed by atoms with Crippen molar-refractivity contribution in [3.63, 3.8) is 0 Å². The van der Waals surface area contributed by atoms with Crippen LogP contribution in [0.1, 0.15) is 34.3 Å². The van der Waals surface area contributed by atoms with E-state index >= 15 is 0 Å². The van der Waals surface area contributed by atoms with Gasteiger partial charge in [-0.25, -0.2) is 0 Å². The van der Waals surface area contributed by atoms with E-state index in [4.69, 9.17) is 23.2 Å². The highest BCUT2D eigenvalue weighted by atomic mass is 79.9. The van der Waals surface area contributed by atoms with Crippen molar-refractivity contribution in [3.05, 3.63) is 72.1 Å². The quantitative estimate of drug-likeness (QED) is 0.232. The van der Waals surface area contributed by atoms with Gasteiger partial charge in [0.05, 0.1) is 26.0 Å². The second-order valence-electron chi connectivity index (χ2n) is 7.44. The highest BCUT2D eigenvalue weighted by Gasteiger charge is 2.39. The van der Waals surface area contributed by atoms with Gasteiger partial charge in [0.25, 0.3) is 5.91 Å². The Morgan fingerprint density at radius 3 is 2.11 bits per heavy atom. The molecule has 0 saturated carbocycles. The van der Waals surface area contributed by atoms with Gasteiger partial charge < -0.3 is 10.6 Å². The molecule has 2 atom stereocenters. The van der Waals surface area contributed by atoms with Gasteiger partial charge in [0.2, 0.25) is 5.91 Å². The third-order valence-corrected chi connectivity index (χ3v) is 7.20. The largest absolute Gasteiger partial charge is 0.405 e. The van der Waals surface area contributed by atoms with Crippen LogP contribution in [0.5, 0.6) is 0 Å². The average Bonchev–Trinajstić information content (AvgIpc) is 2.74. The Kier molecular flexibility index (Phi) is 10.3. The molecule has 0 radical (unpaired) electrons. The summed E-state index contributed by atoms with van der Waals surface area (Å²) in [7, 11) is 0. The highest BCUT2D eigenvalue weighted by molar-refractivity contribution is 9.11. The van der Waals surface area contributed by atoms with Gasteiger partial charge in [-0.1, -0.05) is 41.4 Å². The molecule has 14 heteroatoms. The molecule has 0 fully saturated rings. The number of hydrogen-bond acceptors (Lipinski definition) is 2. The molecule has 0 aliphatic heterocycles. The van der Waals surface area contributed by atoms with E-state index in [2.05, 4.69) is 37.2 Å². The summed E-state index contributed by atoms with van der Waals surface area (Å²) in [6, 6.07) is 5.04. The van der Waals surface area contributed by atoms with E-state index < -0.39 is 42.7 Å². The van der Waals surface area contributed by atoms with Crippen LogP contribution in [0.15, 0.2) is 45.4 Å². The Labute approximate surface area is 228 Å². The SMILES string of the molecule is C[C@@H](NC(=O)c1ccc(/C=C/C(c2cc(Cl)c(Br)c(Cl)c2)C(F)(F)F)cc1Br)C(=O)NCC(F)(F)F. The first-order valence-electron chi connectivity index (χ1n) is 9.84. The van der Waals surface area contributed by atoms with Gasteiger partial charge in [-0.05, 0) is 74.2 Å². The lowest BCUT2D eigenvalue weighted by Crippen LogP contribution is -2.47. The molecule has 0 heterocycles. The van der Waals surface area contributed by atoms with Gasteiger partial charge in [0, 0.05) is 4.47 Å². The maximum atomic E-state index is 13.7. The second-order valence-corrected chi connectivity index (χ2v) is 9.91. The van der Waals surface area contributed by atoms with Crippen LogP contribution in [0.3, 0.4) is 0 Å². The number of alkyl halides is 6. The van der Waals surface area contributed by atoms with Gasteiger partial charge in [0.1, 0.15) is 12.6 Å². The fraction of sp³-hybridized carbons (Fsp3) is 0.273. The zero-order chi connectivity index (χ0) is 27.4. The molecule has 2 amide bonds. The predicted octanol–water partition coefficient (Wildman–Crippen LogP) is 7.67. The first-order chi connectivity index (χ1) is 16.5. The van der Waals surface area contributed by atoms with E-state index in [1.165, 1.54) is 31.2 Å². The smallest absolute Gasteiger partial charge is 0.345 e. The van der Waals surface area contributed by atoms with Crippen molar-refractivity contribution in [1.29, 1.82) is 0 Å². The molecule has 1 unspecified atom stereocenters. The fourth-order valence-electron chi connectivity index (χ4n) is 2.87. The number of nitrogens with one attached hydrogen (secondary N) is 2. The van der Waals surface area contributed by atoms with Crippen LogP contribution >= 0.6 is 55.1 Å². The number of amides is 2. The number of carbonyl (C=O) groups is 2. The van der Waals surface area contributed by atoms with Crippen LogP contribution in [-0.2, 0) is 4.79 Å².